The van der Waals surface area contributed by atoms with Gasteiger partial charge in [0.2, 0.25) is 0 Å². The molecule has 10 nitrogen and oxygen atoms in total. The van der Waals surface area contributed by atoms with Gasteiger partial charge < -0.3 is 9.55 Å². The number of H-pyrrole nitrogens is 2. The number of hydrogen-bond donors (Lipinski definition) is 2. The summed E-state index contributed by atoms with van der Waals surface area (Å²) < 4.78 is 2.55. The summed E-state index contributed by atoms with van der Waals surface area (Å²) >= 11 is 0. The molecule has 0 spiro atoms. The van der Waals surface area contributed by atoms with E-state index >= 15 is 0 Å². The molecule has 0 saturated carbocycles. The van der Waals surface area contributed by atoms with Crippen molar-refractivity contribution in [3.05, 3.63) is 67.9 Å². The smallest absolute Gasteiger partial charge is 0.305 e. The molecule has 4 aromatic rings. The molecule has 3 heterocycles. The van der Waals surface area contributed by atoms with Gasteiger partial charge in [0.25, 0.3) is 11.2 Å². The normalized spacial score (nSPS) is 11.3. The van der Waals surface area contributed by atoms with Crippen molar-refractivity contribution in [2.45, 2.75) is 0 Å². The van der Waals surface area contributed by atoms with Crippen molar-refractivity contribution >= 4 is 22.1 Å². The number of nitrogens with one attached hydrogen (secondary N) is 2. The van der Waals surface area contributed by atoms with Gasteiger partial charge in [0.05, 0.1) is 22.3 Å². The summed E-state index contributed by atoms with van der Waals surface area (Å²) in [6, 6.07) is 4.07. The van der Waals surface area contributed by atoms with Crippen molar-refractivity contribution < 1.29 is 4.92 Å². The molecular formula is C13H8N6O4. The Labute approximate surface area is 125 Å². The van der Waals surface area contributed by atoms with Gasteiger partial charge in [-0.15, -0.1) is 0 Å². The minimum atomic E-state index is -0.584. The molecule has 1 aromatic carbocycles. The fourth-order valence-electron chi connectivity index (χ4n) is 2.57. The van der Waals surface area contributed by atoms with Crippen molar-refractivity contribution in [2.75, 3.05) is 0 Å². The van der Waals surface area contributed by atoms with Crippen LogP contribution in [-0.2, 0) is 0 Å². The zero-order valence-corrected chi connectivity index (χ0v) is 11.4. The molecule has 23 heavy (non-hydrogen) atoms. The van der Waals surface area contributed by atoms with E-state index < -0.39 is 16.2 Å². The lowest BCUT2D eigenvalue weighted by Crippen LogP contribution is -2.19. The topological polar surface area (TPSA) is 131 Å². The number of nitro benzene ring substituents is 1. The largest absolute Gasteiger partial charge is 0.345 e. The molecule has 0 aliphatic carbocycles. The molecule has 0 aliphatic heterocycles. The van der Waals surface area contributed by atoms with Crippen LogP contribution in [0.3, 0.4) is 0 Å². The minimum Gasteiger partial charge on any atom is -0.305 e. The van der Waals surface area contributed by atoms with Crippen LogP contribution in [0.25, 0.3) is 22.1 Å². The van der Waals surface area contributed by atoms with E-state index in [9.17, 15) is 19.7 Å². The third kappa shape index (κ3) is 1.85. The molecule has 0 atom stereocenters. The number of fused-ring (bicyclic) bond motifs is 3. The monoisotopic (exact) mass is 312 g/mol. The number of imidazole rings is 1. The van der Waals surface area contributed by atoms with Crippen molar-refractivity contribution in [2.24, 2.45) is 0 Å². The Morgan fingerprint density at radius 1 is 1.22 bits per heavy atom. The van der Waals surface area contributed by atoms with Gasteiger partial charge in [-0.25, -0.2) is 14.3 Å². The van der Waals surface area contributed by atoms with E-state index in [0.29, 0.717) is 10.9 Å². The van der Waals surface area contributed by atoms with Crippen LogP contribution in [0.2, 0.25) is 0 Å². The highest BCUT2D eigenvalue weighted by Gasteiger charge is 2.19. The molecule has 0 fully saturated rings. The molecule has 0 aliphatic rings. The molecular weight excluding hydrogens is 304 g/mol. The molecule has 0 amide bonds. The Morgan fingerprint density at radius 3 is 2.74 bits per heavy atom. The van der Waals surface area contributed by atoms with Crippen LogP contribution in [0.4, 0.5) is 5.69 Å². The van der Waals surface area contributed by atoms with E-state index in [1.165, 1.54) is 35.3 Å². The summed E-state index contributed by atoms with van der Waals surface area (Å²) in [5.74, 6) is 0. The molecule has 114 valence electrons. The Bertz CT molecular complexity index is 1180. The van der Waals surface area contributed by atoms with E-state index in [1.807, 2.05) is 0 Å². The number of benzene rings is 1. The standard InChI is InChI=1S/C13H8N6O4/c20-12-5-9-7-3-10(17-2-1-14-6-17)11(19(22)23)4-8(7)15-13(21)18(9)16-12/h1-6H,(H,15,21)(H,16,20). The van der Waals surface area contributed by atoms with Gasteiger partial charge in [0.1, 0.15) is 5.69 Å². The summed E-state index contributed by atoms with van der Waals surface area (Å²) in [5.41, 5.74) is -0.324. The highest BCUT2D eigenvalue weighted by atomic mass is 16.6. The van der Waals surface area contributed by atoms with Gasteiger partial charge in [-0.1, -0.05) is 0 Å². The van der Waals surface area contributed by atoms with E-state index in [4.69, 9.17) is 0 Å². The molecule has 10 heteroatoms. The van der Waals surface area contributed by atoms with Crippen molar-refractivity contribution in [3.63, 3.8) is 0 Å². The molecule has 0 radical (unpaired) electrons. The first-order valence-corrected chi connectivity index (χ1v) is 6.49. The molecule has 4 rings (SSSR count). The number of nitrogens with zero attached hydrogens (tertiary/aromatic N) is 4. The van der Waals surface area contributed by atoms with E-state index in [-0.39, 0.29) is 16.9 Å². The molecule has 2 N–H and O–H groups in total. The van der Waals surface area contributed by atoms with Crippen molar-refractivity contribution in [3.8, 4) is 5.69 Å². The van der Waals surface area contributed by atoms with Crippen LogP contribution in [0, 0.1) is 10.1 Å². The first-order valence-electron chi connectivity index (χ1n) is 6.49. The number of aromatic nitrogens is 5. The third-order valence-corrected chi connectivity index (χ3v) is 3.55. The summed E-state index contributed by atoms with van der Waals surface area (Å²) in [6.45, 7) is 0. The number of hydrogen-bond acceptors (Lipinski definition) is 5. The van der Waals surface area contributed by atoms with Crippen molar-refractivity contribution in [1.82, 2.24) is 24.1 Å². The Balaban J connectivity index is 2.21. The third-order valence-electron chi connectivity index (χ3n) is 3.55. The zero-order chi connectivity index (χ0) is 16.1. The second kappa shape index (κ2) is 4.40. The van der Waals surface area contributed by atoms with Gasteiger partial charge in [0, 0.05) is 29.9 Å². The van der Waals surface area contributed by atoms with E-state index in [2.05, 4.69) is 15.1 Å². The summed E-state index contributed by atoms with van der Waals surface area (Å²) in [6.07, 6.45) is 4.50. The van der Waals surface area contributed by atoms with Crippen molar-refractivity contribution in [1.29, 1.82) is 0 Å². The fraction of sp³-hybridized carbons (Fsp3) is 0. The highest BCUT2D eigenvalue weighted by Crippen LogP contribution is 2.29. The first-order chi connectivity index (χ1) is 11.0. The molecule has 0 unspecified atom stereocenters. The highest BCUT2D eigenvalue weighted by molar-refractivity contribution is 5.96. The van der Waals surface area contributed by atoms with Gasteiger partial charge in [0.15, 0.2) is 0 Å². The molecule has 3 aromatic heterocycles. The van der Waals surface area contributed by atoms with Crippen LogP contribution in [0.5, 0.6) is 0 Å². The Morgan fingerprint density at radius 2 is 2.04 bits per heavy atom. The maximum Gasteiger partial charge on any atom is 0.345 e. The predicted molar refractivity (Wildman–Crippen MR) is 79.9 cm³/mol. The molecule has 0 saturated heterocycles. The van der Waals surface area contributed by atoms with Gasteiger partial charge in [-0.2, -0.15) is 0 Å². The minimum absolute atomic E-state index is 0.187. The number of rotatable bonds is 2. The van der Waals surface area contributed by atoms with Crippen LogP contribution < -0.4 is 11.2 Å². The lowest BCUT2D eigenvalue weighted by molar-refractivity contribution is -0.384. The second-order valence-electron chi connectivity index (χ2n) is 4.88. The fourth-order valence-corrected chi connectivity index (χ4v) is 2.57. The van der Waals surface area contributed by atoms with Crippen LogP contribution >= 0.6 is 0 Å². The maximum absolute atomic E-state index is 12.0. The zero-order valence-electron chi connectivity index (χ0n) is 11.4. The molecule has 0 bridgehead atoms. The maximum atomic E-state index is 12.0. The summed E-state index contributed by atoms with van der Waals surface area (Å²) in [5, 5.41) is 14.2. The SMILES string of the molecule is O=c1cc2c3cc(-n4ccnc4)c([N+](=O)[O-])cc3[nH]c(=O)n2[nH]1. The van der Waals surface area contributed by atoms with Gasteiger partial charge in [-0.3, -0.25) is 20.0 Å². The Hall–Kier alpha value is -3.69. The first kappa shape index (κ1) is 13.0. The quantitative estimate of drug-likeness (QED) is 0.412. The van der Waals surface area contributed by atoms with E-state index in [0.717, 1.165) is 4.52 Å². The lowest BCUT2D eigenvalue weighted by Gasteiger charge is -2.07. The van der Waals surface area contributed by atoms with Crippen LogP contribution in [0.1, 0.15) is 0 Å². The van der Waals surface area contributed by atoms with Crippen LogP contribution in [-0.4, -0.2) is 29.1 Å². The summed E-state index contributed by atoms with van der Waals surface area (Å²) in [4.78, 5) is 40.7. The average Bonchev–Trinajstić information content (AvgIpc) is 3.15. The van der Waals surface area contributed by atoms with Gasteiger partial charge >= 0.3 is 5.69 Å². The average molecular weight is 312 g/mol. The van der Waals surface area contributed by atoms with Gasteiger partial charge in [-0.05, 0) is 6.07 Å². The Kier molecular flexibility index (Phi) is 2.49. The van der Waals surface area contributed by atoms with Crippen LogP contribution in [0.15, 0.2) is 46.5 Å². The number of aromatic amines is 2. The number of nitro groups is 1. The summed E-state index contributed by atoms with van der Waals surface area (Å²) in [7, 11) is 0. The second-order valence-corrected chi connectivity index (χ2v) is 4.88. The predicted octanol–water partition coefficient (Wildman–Crippen LogP) is 0.563. The lowest BCUT2D eigenvalue weighted by atomic mass is 10.1. The van der Waals surface area contributed by atoms with E-state index in [1.54, 1.807) is 6.20 Å².